The van der Waals surface area contributed by atoms with Gasteiger partial charge >= 0.3 is 0 Å². The quantitative estimate of drug-likeness (QED) is 0.717. The van der Waals surface area contributed by atoms with Crippen LogP contribution in [0.1, 0.15) is 5.56 Å². The van der Waals surface area contributed by atoms with Gasteiger partial charge < -0.3 is 10.2 Å². The Bertz CT molecular complexity index is 986. The molecule has 0 spiro atoms. The van der Waals surface area contributed by atoms with Crippen molar-refractivity contribution >= 4 is 25.4 Å². The summed E-state index contributed by atoms with van der Waals surface area (Å²) in [6.45, 7) is 0.517. The van der Waals surface area contributed by atoms with Gasteiger partial charge in [-0.25, -0.2) is 16.8 Å². The summed E-state index contributed by atoms with van der Waals surface area (Å²) in [6.07, 6.45) is 2.94. The Morgan fingerprint density at radius 1 is 0.926 bits per heavy atom. The first-order valence-electron chi connectivity index (χ1n) is 8.47. The van der Waals surface area contributed by atoms with Gasteiger partial charge in [-0.1, -0.05) is 30.3 Å². The Morgan fingerprint density at radius 2 is 1.56 bits per heavy atom. The molecular formula is C19H26N2O4S2. The number of benzene rings is 2. The molecule has 27 heavy (non-hydrogen) atoms. The Morgan fingerprint density at radius 3 is 2.07 bits per heavy atom. The minimum Gasteiger partial charge on any atom is -0.382 e. The number of hydrogen-bond acceptors (Lipinski definition) is 6. The van der Waals surface area contributed by atoms with Crippen LogP contribution < -0.4 is 5.32 Å². The minimum atomic E-state index is -3.58. The molecule has 2 aromatic carbocycles. The zero-order valence-corrected chi connectivity index (χ0v) is 17.6. The fourth-order valence-electron chi connectivity index (χ4n) is 2.74. The molecule has 1 N–H and O–H groups in total. The molecule has 148 valence electrons. The SMILES string of the molecule is CN(C)C(CNc1ccc(S(C)(=O)=O)cc1S(C)(=O)=O)Cc1ccccc1. The smallest absolute Gasteiger partial charge is 0.177 e. The van der Waals surface area contributed by atoms with Gasteiger partial charge in [0.25, 0.3) is 0 Å². The molecule has 0 aliphatic carbocycles. The third-order valence-corrected chi connectivity index (χ3v) is 6.60. The second-order valence-electron chi connectivity index (χ2n) is 6.89. The van der Waals surface area contributed by atoms with Crippen molar-refractivity contribution in [3.05, 3.63) is 54.1 Å². The lowest BCUT2D eigenvalue weighted by molar-refractivity contribution is 0.303. The molecule has 1 unspecified atom stereocenters. The molecule has 8 heteroatoms. The summed E-state index contributed by atoms with van der Waals surface area (Å²) in [5.41, 5.74) is 1.60. The largest absolute Gasteiger partial charge is 0.382 e. The lowest BCUT2D eigenvalue weighted by Gasteiger charge is -2.26. The summed E-state index contributed by atoms with van der Waals surface area (Å²) >= 11 is 0. The van der Waals surface area contributed by atoms with E-state index in [1.165, 1.54) is 23.8 Å². The Kier molecular flexibility index (Phi) is 6.67. The van der Waals surface area contributed by atoms with E-state index in [-0.39, 0.29) is 15.8 Å². The first kappa shape index (κ1) is 21.4. The first-order valence-corrected chi connectivity index (χ1v) is 12.2. The maximum absolute atomic E-state index is 12.2. The lowest BCUT2D eigenvalue weighted by atomic mass is 10.1. The van der Waals surface area contributed by atoms with Crippen molar-refractivity contribution < 1.29 is 16.8 Å². The van der Waals surface area contributed by atoms with Gasteiger partial charge in [0.15, 0.2) is 19.7 Å². The van der Waals surface area contributed by atoms with Gasteiger partial charge in [-0.15, -0.1) is 0 Å². The molecule has 0 bridgehead atoms. The summed E-state index contributed by atoms with van der Waals surface area (Å²) in [5, 5.41) is 3.18. The number of hydrogen-bond donors (Lipinski definition) is 1. The zero-order chi connectivity index (χ0) is 20.2. The van der Waals surface area contributed by atoms with Crippen molar-refractivity contribution in [3.63, 3.8) is 0 Å². The lowest BCUT2D eigenvalue weighted by Crippen LogP contribution is -2.36. The summed E-state index contributed by atoms with van der Waals surface area (Å²) in [5.74, 6) is 0. The van der Waals surface area contributed by atoms with Crippen molar-refractivity contribution in [2.45, 2.75) is 22.3 Å². The van der Waals surface area contributed by atoms with E-state index in [0.29, 0.717) is 12.2 Å². The zero-order valence-electron chi connectivity index (χ0n) is 16.0. The Labute approximate surface area is 162 Å². The van der Waals surface area contributed by atoms with Crippen LogP contribution in [0.25, 0.3) is 0 Å². The predicted molar refractivity (Wildman–Crippen MR) is 109 cm³/mol. The van der Waals surface area contributed by atoms with Crippen LogP contribution in [0, 0.1) is 0 Å². The summed E-state index contributed by atoms with van der Waals surface area (Å²) in [6, 6.07) is 14.3. The standard InChI is InChI=1S/C19H26N2O4S2/c1-21(2)16(12-15-8-6-5-7-9-15)14-20-18-11-10-17(26(3,22)23)13-19(18)27(4,24)25/h5-11,13,16,20H,12,14H2,1-4H3. The summed E-state index contributed by atoms with van der Waals surface area (Å²) in [7, 11) is -3.13. The topological polar surface area (TPSA) is 83.6 Å². The number of sulfone groups is 2. The van der Waals surface area contributed by atoms with Crippen molar-refractivity contribution in [2.75, 3.05) is 38.5 Å². The van der Waals surface area contributed by atoms with Crippen molar-refractivity contribution in [1.29, 1.82) is 0 Å². The molecule has 0 amide bonds. The van der Waals surface area contributed by atoms with E-state index in [0.717, 1.165) is 18.9 Å². The number of nitrogens with one attached hydrogen (secondary N) is 1. The molecule has 2 aromatic rings. The maximum Gasteiger partial charge on any atom is 0.177 e. The van der Waals surface area contributed by atoms with Crippen LogP contribution in [0.15, 0.2) is 58.3 Å². The maximum atomic E-state index is 12.2. The molecular weight excluding hydrogens is 384 g/mol. The molecule has 0 saturated heterocycles. The van der Waals surface area contributed by atoms with E-state index in [1.54, 1.807) is 0 Å². The van der Waals surface area contributed by atoms with Crippen LogP contribution in [-0.2, 0) is 26.1 Å². The average Bonchev–Trinajstić information content (AvgIpc) is 2.57. The molecule has 0 radical (unpaired) electrons. The molecule has 0 saturated carbocycles. The van der Waals surface area contributed by atoms with Gasteiger partial charge in [0.1, 0.15) is 0 Å². The van der Waals surface area contributed by atoms with E-state index in [9.17, 15) is 16.8 Å². The number of rotatable bonds is 8. The summed E-state index contributed by atoms with van der Waals surface area (Å²) in [4.78, 5) is 2.05. The van der Waals surface area contributed by atoms with Gasteiger partial charge in [0.2, 0.25) is 0 Å². The van der Waals surface area contributed by atoms with Crippen LogP contribution in [-0.4, -0.2) is 60.9 Å². The van der Waals surface area contributed by atoms with Crippen LogP contribution in [0.4, 0.5) is 5.69 Å². The van der Waals surface area contributed by atoms with Gasteiger partial charge in [-0.05, 0) is 44.3 Å². The fraction of sp³-hybridized carbons (Fsp3) is 0.368. The molecule has 6 nitrogen and oxygen atoms in total. The second kappa shape index (κ2) is 8.41. The number of nitrogens with zero attached hydrogens (tertiary/aromatic N) is 1. The van der Waals surface area contributed by atoms with Crippen LogP contribution in [0.5, 0.6) is 0 Å². The molecule has 0 fully saturated rings. The van der Waals surface area contributed by atoms with E-state index in [4.69, 9.17) is 0 Å². The first-order chi connectivity index (χ1) is 12.5. The highest BCUT2D eigenvalue weighted by atomic mass is 32.2. The van der Waals surface area contributed by atoms with Gasteiger partial charge in [-0.2, -0.15) is 0 Å². The normalized spacial score (nSPS) is 13.5. The van der Waals surface area contributed by atoms with Gasteiger partial charge in [-0.3, -0.25) is 0 Å². The average molecular weight is 411 g/mol. The van der Waals surface area contributed by atoms with Crippen LogP contribution in [0.3, 0.4) is 0 Å². The Balaban J connectivity index is 2.27. The molecule has 0 aromatic heterocycles. The fourth-order valence-corrected chi connectivity index (χ4v) is 4.34. The molecule has 0 heterocycles. The molecule has 2 rings (SSSR count). The number of likely N-dealkylation sites (N-methyl/N-ethyl adjacent to an activating group) is 1. The van der Waals surface area contributed by atoms with Gasteiger partial charge in [0.05, 0.1) is 15.5 Å². The highest BCUT2D eigenvalue weighted by molar-refractivity contribution is 7.91. The second-order valence-corrected chi connectivity index (χ2v) is 10.9. The predicted octanol–water partition coefficient (Wildman–Crippen LogP) is 2.08. The third-order valence-electron chi connectivity index (χ3n) is 4.35. The monoisotopic (exact) mass is 410 g/mol. The van der Waals surface area contributed by atoms with E-state index < -0.39 is 19.7 Å². The minimum absolute atomic E-state index is 0.0114. The van der Waals surface area contributed by atoms with E-state index in [1.807, 2.05) is 32.3 Å². The molecule has 0 aliphatic rings. The highest BCUT2D eigenvalue weighted by Crippen LogP contribution is 2.25. The third kappa shape index (κ3) is 6.05. The van der Waals surface area contributed by atoms with Crippen molar-refractivity contribution in [3.8, 4) is 0 Å². The van der Waals surface area contributed by atoms with Crippen molar-refractivity contribution in [1.82, 2.24) is 4.90 Å². The van der Waals surface area contributed by atoms with Crippen molar-refractivity contribution in [2.24, 2.45) is 0 Å². The van der Waals surface area contributed by atoms with Crippen LogP contribution >= 0.6 is 0 Å². The molecule has 1 atom stereocenters. The number of anilines is 1. The summed E-state index contributed by atoms with van der Waals surface area (Å²) < 4.78 is 47.8. The van der Waals surface area contributed by atoms with E-state index >= 15 is 0 Å². The van der Waals surface area contributed by atoms with Gasteiger partial charge in [0, 0.05) is 25.1 Å². The highest BCUT2D eigenvalue weighted by Gasteiger charge is 2.19. The van der Waals surface area contributed by atoms with E-state index in [2.05, 4.69) is 22.3 Å². The molecule has 0 aliphatic heterocycles. The Hall–Kier alpha value is -1.90. The van der Waals surface area contributed by atoms with Crippen LogP contribution in [0.2, 0.25) is 0 Å².